The third-order valence-corrected chi connectivity index (χ3v) is 6.06. The minimum atomic E-state index is -1.13. The molecule has 0 saturated carbocycles. The number of benzene rings is 3. The molecule has 0 radical (unpaired) electrons. The molecule has 8 nitrogen and oxygen atoms in total. The van der Waals surface area contributed by atoms with Gasteiger partial charge in [-0.1, -0.05) is 48.0 Å². The summed E-state index contributed by atoms with van der Waals surface area (Å²) in [5, 5.41) is 9.57. The van der Waals surface area contributed by atoms with E-state index in [9.17, 15) is 14.7 Å². The maximum absolute atomic E-state index is 12.9. The van der Waals surface area contributed by atoms with E-state index in [0.717, 1.165) is 22.6 Å². The van der Waals surface area contributed by atoms with Gasteiger partial charge in [-0.05, 0) is 62.7 Å². The summed E-state index contributed by atoms with van der Waals surface area (Å²) >= 11 is 0. The minimum Gasteiger partial charge on any atom is -0.493 e. The fourth-order valence-corrected chi connectivity index (χ4v) is 3.82. The lowest BCUT2D eigenvalue weighted by Crippen LogP contribution is -2.44. The Morgan fingerprint density at radius 2 is 1.71 bits per heavy atom. The van der Waals surface area contributed by atoms with Crippen molar-refractivity contribution < 1.29 is 28.6 Å². The number of nitrogens with zero attached hydrogens (tertiary/aromatic N) is 2. The second-order valence-electron chi connectivity index (χ2n) is 8.96. The molecule has 0 saturated heterocycles. The summed E-state index contributed by atoms with van der Waals surface area (Å²) < 4.78 is 17.2. The van der Waals surface area contributed by atoms with E-state index in [-0.39, 0.29) is 6.54 Å². The first-order valence-corrected chi connectivity index (χ1v) is 12.3. The van der Waals surface area contributed by atoms with Gasteiger partial charge >= 0.3 is 12.1 Å². The average molecular weight is 515 g/mol. The first-order chi connectivity index (χ1) is 18.3. The van der Waals surface area contributed by atoms with Gasteiger partial charge in [0.25, 0.3) is 0 Å². The Morgan fingerprint density at radius 1 is 0.974 bits per heavy atom. The molecule has 196 valence electrons. The fraction of sp³-hybridized carbons (Fsp3) is 0.233. The number of aliphatic carboxylic acids is 1. The molecule has 0 aliphatic carbocycles. The van der Waals surface area contributed by atoms with E-state index in [1.54, 1.807) is 24.3 Å². The average Bonchev–Trinajstić information content (AvgIpc) is 3.29. The van der Waals surface area contributed by atoms with Crippen LogP contribution in [-0.2, 0) is 17.8 Å². The molecule has 1 amide bonds. The van der Waals surface area contributed by atoms with Gasteiger partial charge in [0, 0.05) is 12.0 Å². The number of oxazole rings is 1. The number of carboxylic acids is 1. The van der Waals surface area contributed by atoms with Gasteiger partial charge in [0.05, 0.1) is 18.8 Å². The SMILES string of the molecule is Cc1ccc(OC(=O)N(Cc2cccc(OCCc3nc(-c4ccccc4)oc3C)c2)C(C)C(=O)O)cc1. The summed E-state index contributed by atoms with van der Waals surface area (Å²) in [6.07, 6.45) is -0.192. The van der Waals surface area contributed by atoms with E-state index < -0.39 is 18.1 Å². The smallest absolute Gasteiger partial charge is 0.416 e. The van der Waals surface area contributed by atoms with Crippen LogP contribution in [0.1, 0.15) is 29.5 Å². The molecule has 0 bridgehead atoms. The maximum atomic E-state index is 12.9. The van der Waals surface area contributed by atoms with E-state index >= 15 is 0 Å². The predicted octanol–water partition coefficient (Wildman–Crippen LogP) is 6.05. The highest BCUT2D eigenvalue weighted by Gasteiger charge is 2.27. The highest BCUT2D eigenvalue weighted by molar-refractivity contribution is 5.80. The predicted molar refractivity (Wildman–Crippen MR) is 142 cm³/mol. The number of aromatic nitrogens is 1. The first kappa shape index (κ1) is 26.5. The van der Waals surface area contributed by atoms with Crippen LogP contribution in [0, 0.1) is 13.8 Å². The number of rotatable bonds is 10. The zero-order chi connectivity index (χ0) is 27.1. The quantitative estimate of drug-likeness (QED) is 0.275. The van der Waals surface area contributed by atoms with E-state index in [0.29, 0.717) is 36.0 Å². The third-order valence-electron chi connectivity index (χ3n) is 6.06. The fourth-order valence-electron chi connectivity index (χ4n) is 3.82. The van der Waals surface area contributed by atoms with E-state index in [2.05, 4.69) is 4.98 Å². The van der Waals surface area contributed by atoms with Crippen LogP contribution in [0.15, 0.2) is 83.3 Å². The molecule has 0 aliphatic heterocycles. The van der Waals surface area contributed by atoms with Crippen molar-refractivity contribution >= 4 is 12.1 Å². The van der Waals surface area contributed by atoms with Crippen molar-refractivity contribution in [2.45, 2.75) is 39.8 Å². The Kier molecular flexibility index (Phi) is 8.43. The van der Waals surface area contributed by atoms with Gasteiger partial charge in [0.2, 0.25) is 5.89 Å². The Balaban J connectivity index is 1.40. The van der Waals surface area contributed by atoms with Crippen LogP contribution >= 0.6 is 0 Å². The zero-order valence-corrected chi connectivity index (χ0v) is 21.6. The largest absolute Gasteiger partial charge is 0.493 e. The molecule has 0 spiro atoms. The number of aryl methyl sites for hydroxylation is 2. The lowest BCUT2D eigenvalue weighted by molar-refractivity contribution is -0.142. The molecule has 1 N–H and O–H groups in total. The number of hydrogen-bond donors (Lipinski definition) is 1. The summed E-state index contributed by atoms with van der Waals surface area (Å²) in [5.41, 5.74) is 3.46. The Labute approximate surface area is 221 Å². The monoisotopic (exact) mass is 514 g/mol. The number of hydrogen-bond acceptors (Lipinski definition) is 6. The van der Waals surface area contributed by atoms with Gasteiger partial charge in [-0.2, -0.15) is 0 Å². The van der Waals surface area contributed by atoms with Gasteiger partial charge in [-0.3, -0.25) is 4.90 Å². The van der Waals surface area contributed by atoms with Crippen LogP contribution in [0.3, 0.4) is 0 Å². The van der Waals surface area contributed by atoms with Gasteiger partial charge < -0.3 is 19.0 Å². The van der Waals surface area contributed by atoms with Crippen LogP contribution in [0.5, 0.6) is 11.5 Å². The second-order valence-corrected chi connectivity index (χ2v) is 8.96. The number of carbonyl (C=O) groups is 2. The summed E-state index contributed by atoms with van der Waals surface area (Å²) in [6.45, 7) is 5.66. The molecule has 0 aliphatic rings. The molecular formula is C30H30N2O6. The molecule has 0 fully saturated rings. The van der Waals surface area contributed by atoms with E-state index in [4.69, 9.17) is 13.9 Å². The Hall–Kier alpha value is -4.59. The molecule has 4 aromatic rings. The Bertz CT molecular complexity index is 1380. The molecular weight excluding hydrogens is 484 g/mol. The van der Waals surface area contributed by atoms with Crippen LogP contribution < -0.4 is 9.47 Å². The van der Waals surface area contributed by atoms with Crippen LogP contribution in [0.25, 0.3) is 11.5 Å². The van der Waals surface area contributed by atoms with Gasteiger partial charge in [-0.25, -0.2) is 14.6 Å². The lowest BCUT2D eigenvalue weighted by Gasteiger charge is -2.26. The highest BCUT2D eigenvalue weighted by Crippen LogP contribution is 2.23. The van der Waals surface area contributed by atoms with Crippen molar-refractivity contribution in [2.75, 3.05) is 6.61 Å². The molecule has 1 heterocycles. The van der Waals surface area contributed by atoms with Crippen LogP contribution in [0.2, 0.25) is 0 Å². The molecule has 1 unspecified atom stereocenters. The van der Waals surface area contributed by atoms with Crippen molar-refractivity contribution in [3.05, 3.63) is 101 Å². The maximum Gasteiger partial charge on any atom is 0.416 e. The molecule has 8 heteroatoms. The van der Waals surface area contributed by atoms with E-state index in [1.807, 2.05) is 68.4 Å². The van der Waals surface area contributed by atoms with Gasteiger partial charge in [0.15, 0.2) is 0 Å². The number of carboxylic acid groups (broad SMARTS) is 1. The summed E-state index contributed by atoms with van der Waals surface area (Å²) in [7, 11) is 0. The molecule has 38 heavy (non-hydrogen) atoms. The number of amides is 1. The standard InChI is InChI=1S/C30H30N2O6/c1-20-12-14-25(15-13-20)38-30(35)32(21(2)29(33)34)19-23-8-7-11-26(18-23)36-17-16-27-22(3)37-28(31-27)24-9-5-4-6-10-24/h4-15,18,21H,16-17,19H2,1-3H3,(H,33,34). The molecule has 1 atom stereocenters. The third kappa shape index (κ3) is 6.79. The molecule has 3 aromatic carbocycles. The summed E-state index contributed by atoms with van der Waals surface area (Å²) in [6, 6.07) is 22.8. The first-order valence-electron chi connectivity index (χ1n) is 12.3. The van der Waals surface area contributed by atoms with Gasteiger partial charge in [0.1, 0.15) is 23.3 Å². The van der Waals surface area contributed by atoms with Crippen molar-refractivity contribution in [3.8, 4) is 23.0 Å². The number of ether oxygens (including phenoxy) is 2. The molecule has 4 rings (SSSR count). The van der Waals surface area contributed by atoms with Crippen molar-refractivity contribution in [1.29, 1.82) is 0 Å². The summed E-state index contributed by atoms with van der Waals surface area (Å²) in [5.74, 6) is 1.13. The molecule has 1 aromatic heterocycles. The van der Waals surface area contributed by atoms with Crippen molar-refractivity contribution in [1.82, 2.24) is 9.88 Å². The lowest BCUT2D eigenvalue weighted by atomic mass is 10.1. The van der Waals surface area contributed by atoms with Gasteiger partial charge in [-0.15, -0.1) is 0 Å². The topological polar surface area (TPSA) is 102 Å². The summed E-state index contributed by atoms with van der Waals surface area (Å²) in [4.78, 5) is 30.4. The minimum absolute atomic E-state index is 0.0399. The van der Waals surface area contributed by atoms with Crippen molar-refractivity contribution in [2.24, 2.45) is 0 Å². The van der Waals surface area contributed by atoms with Crippen LogP contribution in [-0.4, -0.2) is 39.7 Å². The zero-order valence-electron chi connectivity index (χ0n) is 21.6. The number of carbonyl (C=O) groups excluding carboxylic acids is 1. The second kappa shape index (κ2) is 12.1. The normalized spacial score (nSPS) is 11.6. The highest BCUT2D eigenvalue weighted by atomic mass is 16.6. The Morgan fingerprint density at radius 3 is 2.42 bits per heavy atom. The van der Waals surface area contributed by atoms with Crippen molar-refractivity contribution in [3.63, 3.8) is 0 Å². The van der Waals surface area contributed by atoms with Crippen LogP contribution in [0.4, 0.5) is 4.79 Å². The van der Waals surface area contributed by atoms with E-state index in [1.165, 1.54) is 11.8 Å².